The van der Waals surface area contributed by atoms with Crippen LogP contribution in [0.15, 0.2) is 0 Å². The highest BCUT2D eigenvalue weighted by Crippen LogP contribution is 2.14. The molecule has 0 aliphatic carbocycles. The van der Waals surface area contributed by atoms with E-state index in [1.807, 2.05) is 0 Å². The van der Waals surface area contributed by atoms with E-state index in [9.17, 15) is 0 Å². The number of hydrogen-bond acceptors (Lipinski definition) is 2. The highest BCUT2D eigenvalue weighted by atomic mass is 16.5. The Kier molecular flexibility index (Phi) is 3.34. The number of hydrogen-bond donors (Lipinski definition) is 0. The van der Waals surface area contributed by atoms with Crippen molar-refractivity contribution in [3.05, 3.63) is 0 Å². The zero-order valence-corrected chi connectivity index (χ0v) is 7.84. The maximum Gasteiger partial charge on any atom is 0.0695 e. The van der Waals surface area contributed by atoms with Gasteiger partial charge in [0, 0.05) is 13.2 Å². The summed E-state index contributed by atoms with van der Waals surface area (Å²) in [6.07, 6.45) is 3.09. The minimum absolute atomic E-state index is 0.369. The molecule has 1 saturated heterocycles. The molecule has 1 rings (SSSR count). The molecule has 0 aromatic heterocycles. The fraction of sp³-hybridized carbons (Fsp3) is 1.00. The van der Waals surface area contributed by atoms with Crippen LogP contribution >= 0.6 is 0 Å². The van der Waals surface area contributed by atoms with Crippen LogP contribution in [-0.4, -0.2) is 37.2 Å². The molecule has 0 aromatic carbocycles. The van der Waals surface area contributed by atoms with E-state index in [4.69, 9.17) is 4.74 Å². The van der Waals surface area contributed by atoms with Gasteiger partial charge in [0.05, 0.1) is 6.10 Å². The van der Waals surface area contributed by atoms with Gasteiger partial charge >= 0.3 is 0 Å². The maximum absolute atomic E-state index is 5.28. The van der Waals surface area contributed by atoms with Crippen LogP contribution in [0.2, 0.25) is 0 Å². The first-order valence-corrected chi connectivity index (χ1v) is 4.52. The maximum atomic E-state index is 5.28. The Morgan fingerprint density at radius 3 is 2.18 bits per heavy atom. The monoisotopic (exact) mass is 157 g/mol. The zero-order chi connectivity index (χ0) is 8.27. The van der Waals surface area contributed by atoms with E-state index in [1.165, 1.54) is 25.9 Å². The lowest BCUT2D eigenvalue weighted by molar-refractivity contribution is 0.0432. The number of ether oxygens (including phenoxy) is 1. The molecule has 66 valence electrons. The highest BCUT2D eigenvalue weighted by Gasteiger charge is 2.22. The first kappa shape index (κ1) is 9.01. The van der Waals surface area contributed by atoms with Gasteiger partial charge in [-0.3, -0.25) is 4.90 Å². The Morgan fingerprint density at radius 2 is 1.73 bits per heavy atom. The number of nitrogens with zero attached hydrogens (tertiary/aromatic N) is 1. The molecule has 2 unspecified atom stereocenters. The van der Waals surface area contributed by atoms with Crippen LogP contribution in [0.1, 0.15) is 26.7 Å². The summed E-state index contributed by atoms with van der Waals surface area (Å²) in [5, 5.41) is 0. The van der Waals surface area contributed by atoms with Crippen molar-refractivity contribution >= 4 is 0 Å². The normalized spacial score (nSPS) is 25.4. The molecule has 11 heavy (non-hydrogen) atoms. The molecule has 0 radical (unpaired) electrons. The molecule has 1 fully saturated rings. The second-order valence-corrected chi connectivity index (χ2v) is 3.42. The van der Waals surface area contributed by atoms with Gasteiger partial charge in [-0.15, -0.1) is 0 Å². The molecule has 2 nitrogen and oxygen atoms in total. The molecule has 1 heterocycles. The second kappa shape index (κ2) is 4.07. The largest absolute Gasteiger partial charge is 0.380 e. The Labute approximate surface area is 69.5 Å². The fourth-order valence-corrected chi connectivity index (χ4v) is 1.64. The summed E-state index contributed by atoms with van der Waals surface area (Å²) in [4.78, 5) is 2.51. The van der Waals surface area contributed by atoms with E-state index in [2.05, 4.69) is 18.7 Å². The summed E-state index contributed by atoms with van der Waals surface area (Å²) >= 11 is 0. The molecule has 1 aliphatic rings. The van der Waals surface area contributed by atoms with E-state index < -0.39 is 0 Å². The third-order valence-corrected chi connectivity index (χ3v) is 2.77. The third kappa shape index (κ3) is 2.17. The predicted molar refractivity (Wildman–Crippen MR) is 46.7 cm³/mol. The van der Waals surface area contributed by atoms with E-state index in [0.29, 0.717) is 12.1 Å². The van der Waals surface area contributed by atoms with E-state index in [0.717, 1.165) is 0 Å². The van der Waals surface area contributed by atoms with Crippen LogP contribution in [0.5, 0.6) is 0 Å². The third-order valence-electron chi connectivity index (χ3n) is 2.77. The fourth-order valence-electron chi connectivity index (χ4n) is 1.64. The Morgan fingerprint density at radius 1 is 1.18 bits per heavy atom. The van der Waals surface area contributed by atoms with Crippen LogP contribution < -0.4 is 0 Å². The number of likely N-dealkylation sites (tertiary alicyclic amines) is 1. The van der Waals surface area contributed by atoms with Crippen molar-refractivity contribution in [2.45, 2.75) is 38.8 Å². The topological polar surface area (TPSA) is 12.5 Å². The Hall–Kier alpha value is -0.0800. The van der Waals surface area contributed by atoms with Crippen LogP contribution in [0.3, 0.4) is 0 Å². The summed E-state index contributed by atoms with van der Waals surface area (Å²) < 4.78 is 5.28. The van der Waals surface area contributed by atoms with Crippen molar-refractivity contribution in [2.24, 2.45) is 0 Å². The molecular formula is C9H19NO. The second-order valence-electron chi connectivity index (χ2n) is 3.42. The SMILES string of the molecule is COC(C)C(C)N1CCCC1. The molecule has 0 aromatic rings. The van der Waals surface area contributed by atoms with Gasteiger partial charge in [-0.25, -0.2) is 0 Å². The number of methoxy groups -OCH3 is 1. The van der Waals surface area contributed by atoms with E-state index in [-0.39, 0.29) is 0 Å². The van der Waals surface area contributed by atoms with Gasteiger partial charge in [-0.05, 0) is 39.8 Å². The van der Waals surface area contributed by atoms with Gasteiger partial charge in [0.25, 0.3) is 0 Å². The highest BCUT2D eigenvalue weighted by molar-refractivity contribution is 4.76. The van der Waals surface area contributed by atoms with Gasteiger partial charge in [0.15, 0.2) is 0 Å². The van der Waals surface area contributed by atoms with Crippen molar-refractivity contribution in [1.29, 1.82) is 0 Å². The van der Waals surface area contributed by atoms with Gasteiger partial charge in [0.1, 0.15) is 0 Å². The van der Waals surface area contributed by atoms with Crippen molar-refractivity contribution in [3.63, 3.8) is 0 Å². The first-order valence-electron chi connectivity index (χ1n) is 4.52. The van der Waals surface area contributed by atoms with Gasteiger partial charge in [-0.1, -0.05) is 0 Å². The lowest BCUT2D eigenvalue weighted by Gasteiger charge is -2.28. The molecular weight excluding hydrogens is 138 g/mol. The zero-order valence-electron chi connectivity index (χ0n) is 7.84. The average Bonchev–Trinajstić information content (AvgIpc) is 2.53. The number of rotatable bonds is 3. The smallest absolute Gasteiger partial charge is 0.0695 e. The van der Waals surface area contributed by atoms with Crippen LogP contribution in [0.4, 0.5) is 0 Å². The average molecular weight is 157 g/mol. The molecule has 0 amide bonds. The van der Waals surface area contributed by atoms with Crippen molar-refractivity contribution in [3.8, 4) is 0 Å². The molecule has 0 bridgehead atoms. The van der Waals surface area contributed by atoms with Gasteiger partial charge in [-0.2, -0.15) is 0 Å². The molecule has 0 spiro atoms. The van der Waals surface area contributed by atoms with Crippen molar-refractivity contribution in [2.75, 3.05) is 20.2 Å². The van der Waals surface area contributed by atoms with Crippen molar-refractivity contribution < 1.29 is 4.74 Å². The summed E-state index contributed by atoms with van der Waals surface area (Å²) in [6.45, 7) is 6.91. The molecule has 2 heteroatoms. The Bertz CT molecular complexity index is 110. The Balaban J connectivity index is 2.32. The predicted octanol–water partition coefficient (Wildman–Crippen LogP) is 1.51. The van der Waals surface area contributed by atoms with Crippen LogP contribution in [0, 0.1) is 0 Å². The lowest BCUT2D eigenvalue weighted by Crippen LogP contribution is -2.39. The minimum Gasteiger partial charge on any atom is -0.380 e. The van der Waals surface area contributed by atoms with Crippen LogP contribution in [0.25, 0.3) is 0 Å². The van der Waals surface area contributed by atoms with E-state index >= 15 is 0 Å². The minimum atomic E-state index is 0.369. The van der Waals surface area contributed by atoms with Crippen molar-refractivity contribution in [1.82, 2.24) is 4.90 Å². The quantitative estimate of drug-likeness (QED) is 0.615. The molecule has 2 atom stereocenters. The molecule has 0 saturated carbocycles. The first-order chi connectivity index (χ1) is 5.25. The standard InChI is InChI=1S/C9H19NO/c1-8(9(2)11-3)10-6-4-5-7-10/h8-9H,4-7H2,1-3H3. The summed E-state index contributed by atoms with van der Waals surface area (Å²) in [7, 11) is 1.79. The summed E-state index contributed by atoms with van der Waals surface area (Å²) in [5.74, 6) is 0. The van der Waals surface area contributed by atoms with Crippen LogP contribution in [-0.2, 0) is 4.74 Å². The summed E-state index contributed by atoms with van der Waals surface area (Å²) in [6, 6.07) is 0.586. The summed E-state index contributed by atoms with van der Waals surface area (Å²) in [5.41, 5.74) is 0. The molecule has 1 aliphatic heterocycles. The van der Waals surface area contributed by atoms with Gasteiger partial charge in [0.2, 0.25) is 0 Å². The van der Waals surface area contributed by atoms with Gasteiger partial charge < -0.3 is 4.74 Å². The van der Waals surface area contributed by atoms with E-state index in [1.54, 1.807) is 7.11 Å². The molecule has 0 N–H and O–H groups in total. The lowest BCUT2D eigenvalue weighted by atomic mass is 10.2.